The van der Waals surface area contributed by atoms with Crippen LogP contribution in [-0.4, -0.2) is 50.6 Å². The summed E-state index contributed by atoms with van der Waals surface area (Å²) in [6.07, 6.45) is 4.70. The van der Waals surface area contributed by atoms with Crippen LogP contribution in [0.4, 0.5) is 0 Å². The van der Waals surface area contributed by atoms with Crippen LogP contribution < -0.4 is 10.6 Å². The Labute approximate surface area is 104 Å². The summed E-state index contributed by atoms with van der Waals surface area (Å²) in [5, 5.41) is 6.43. The molecule has 4 nitrogen and oxygen atoms in total. The normalized spacial score (nSPS) is 31.1. The Kier molecular flexibility index (Phi) is 4.80. The van der Waals surface area contributed by atoms with E-state index < -0.39 is 0 Å². The Hall–Kier alpha value is -0.610. The van der Waals surface area contributed by atoms with E-state index in [0.29, 0.717) is 5.92 Å². The van der Waals surface area contributed by atoms with Crippen LogP contribution in [0.1, 0.15) is 25.7 Å². The molecule has 98 valence electrons. The van der Waals surface area contributed by atoms with E-state index in [1.807, 2.05) is 0 Å². The van der Waals surface area contributed by atoms with E-state index in [-0.39, 0.29) is 11.8 Å². The van der Waals surface area contributed by atoms with Crippen LogP contribution in [-0.2, 0) is 4.79 Å². The van der Waals surface area contributed by atoms with E-state index in [2.05, 4.69) is 22.6 Å². The zero-order chi connectivity index (χ0) is 12.1. The van der Waals surface area contributed by atoms with E-state index in [4.69, 9.17) is 0 Å². The van der Waals surface area contributed by atoms with Gasteiger partial charge in [-0.3, -0.25) is 4.79 Å². The van der Waals surface area contributed by atoms with Crippen molar-refractivity contribution in [2.24, 2.45) is 11.8 Å². The lowest BCUT2D eigenvalue weighted by Gasteiger charge is -2.30. The summed E-state index contributed by atoms with van der Waals surface area (Å²) in [4.78, 5) is 14.3. The first-order chi connectivity index (χ1) is 8.25. The van der Waals surface area contributed by atoms with Gasteiger partial charge in [0.1, 0.15) is 0 Å². The molecule has 2 N–H and O–H groups in total. The minimum Gasteiger partial charge on any atom is -0.355 e. The van der Waals surface area contributed by atoms with Crippen LogP contribution in [0.2, 0.25) is 0 Å². The molecule has 4 heteroatoms. The van der Waals surface area contributed by atoms with Gasteiger partial charge in [-0.2, -0.15) is 0 Å². The summed E-state index contributed by atoms with van der Waals surface area (Å²) < 4.78 is 0. The number of nitrogens with zero attached hydrogens (tertiary/aromatic N) is 1. The molecule has 0 radical (unpaired) electrons. The molecule has 0 bridgehead atoms. The monoisotopic (exact) mass is 239 g/mol. The Balaban J connectivity index is 1.68. The van der Waals surface area contributed by atoms with Gasteiger partial charge in [0.25, 0.3) is 0 Å². The van der Waals surface area contributed by atoms with Crippen LogP contribution in [0.15, 0.2) is 0 Å². The van der Waals surface area contributed by atoms with Crippen molar-refractivity contribution in [3.63, 3.8) is 0 Å². The van der Waals surface area contributed by atoms with Crippen LogP contribution in [0, 0.1) is 11.8 Å². The second-order valence-corrected chi connectivity index (χ2v) is 5.56. The summed E-state index contributed by atoms with van der Waals surface area (Å²) in [5.74, 6) is 1.10. The topological polar surface area (TPSA) is 44.4 Å². The number of hydrogen-bond acceptors (Lipinski definition) is 3. The van der Waals surface area contributed by atoms with Crippen molar-refractivity contribution >= 4 is 5.91 Å². The van der Waals surface area contributed by atoms with Crippen molar-refractivity contribution in [2.75, 3.05) is 39.8 Å². The minimum atomic E-state index is 0.199. The van der Waals surface area contributed by atoms with Crippen molar-refractivity contribution in [1.82, 2.24) is 15.5 Å². The molecule has 0 aliphatic carbocycles. The third-order valence-electron chi connectivity index (χ3n) is 3.95. The highest BCUT2D eigenvalue weighted by Crippen LogP contribution is 2.15. The maximum atomic E-state index is 12.0. The van der Waals surface area contributed by atoms with Gasteiger partial charge in [0, 0.05) is 19.6 Å². The number of rotatable bonds is 3. The Bertz CT molecular complexity index is 251. The minimum absolute atomic E-state index is 0.199. The zero-order valence-electron chi connectivity index (χ0n) is 10.9. The van der Waals surface area contributed by atoms with E-state index in [1.165, 1.54) is 19.4 Å². The number of amides is 1. The van der Waals surface area contributed by atoms with Gasteiger partial charge in [-0.1, -0.05) is 0 Å². The summed E-state index contributed by atoms with van der Waals surface area (Å²) in [7, 11) is 2.17. The van der Waals surface area contributed by atoms with Gasteiger partial charge in [0.15, 0.2) is 0 Å². The molecule has 17 heavy (non-hydrogen) atoms. The molecular formula is C13H25N3O. The number of nitrogens with one attached hydrogen (secondary N) is 2. The van der Waals surface area contributed by atoms with Crippen molar-refractivity contribution < 1.29 is 4.79 Å². The Morgan fingerprint density at radius 3 is 3.00 bits per heavy atom. The van der Waals surface area contributed by atoms with E-state index >= 15 is 0 Å². The molecular weight excluding hydrogens is 214 g/mol. The maximum Gasteiger partial charge on any atom is 0.224 e. The van der Waals surface area contributed by atoms with E-state index in [9.17, 15) is 4.79 Å². The Morgan fingerprint density at radius 2 is 2.29 bits per heavy atom. The van der Waals surface area contributed by atoms with Gasteiger partial charge < -0.3 is 15.5 Å². The van der Waals surface area contributed by atoms with Crippen LogP contribution in [0.3, 0.4) is 0 Å². The second-order valence-electron chi connectivity index (χ2n) is 5.56. The molecule has 1 amide bonds. The average molecular weight is 239 g/mol. The van der Waals surface area contributed by atoms with Crippen LogP contribution in [0.5, 0.6) is 0 Å². The molecule has 2 rings (SSSR count). The number of carbonyl (C=O) groups excluding carboxylic acids is 1. The van der Waals surface area contributed by atoms with Crippen LogP contribution in [0.25, 0.3) is 0 Å². The van der Waals surface area contributed by atoms with E-state index in [0.717, 1.165) is 39.0 Å². The van der Waals surface area contributed by atoms with Crippen molar-refractivity contribution in [3.05, 3.63) is 0 Å². The SMILES string of the molecule is CN1CCCC(CNC(=O)[C@@H]2CCCNC2)C1. The molecule has 0 saturated carbocycles. The first kappa shape index (κ1) is 12.8. The molecule has 2 saturated heterocycles. The van der Waals surface area contributed by atoms with Crippen molar-refractivity contribution in [2.45, 2.75) is 25.7 Å². The number of likely N-dealkylation sites (tertiary alicyclic amines) is 1. The summed E-state index contributed by atoms with van der Waals surface area (Å²) in [5.41, 5.74) is 0. The van der Waals surface area contributed by atoms with Gasteiger partial charge in [0.2, 0.25) is 5.91 Å². The molecule has 0 aromatic heterocycles. The first-order valence-corrected chi connectivity index (χ1v) is 6.92. The predicted molar refractivity (Wildman–Crippen MR) is 68.8 cm³/mol. The lowest BCUT2D eigenvalue weighted by Crippen LogP contribution is -2.44. The second kappa shape index (κ2) is 6.36. The average Bonchev–Trinajstić information content (AvgIpc) is 2.37. The molecule has 0 aromatic rings. The summed E-state index contributed by atoms with van der Waals surface area (Å²) >= 11 is 0. The lowest BCUT2D eigenvalue weighted by atomic mass is 9.96. The van der Waals surface area contributed by atoms with Crippen LogP contribution >= 0.6 is 0 Å². The molecule has 2 aliphatic heterocycles. The molecule has 0 spiro atoms. The quantitative estimate of drug-likeness (QED) is 0.751. The van der Waals surface area contributed by atoms with Gasteiger partial charge in [-0.05, 0) is 51.7 Å². The number of hydrogen-bond donors (Lipinski definition) is 2. The number of carbonyl (C=O) groups is 1. The number of piperidine rings is 2. The predicted octanol–water partition coefficient (Wildman–Crippen LogP) is 0.444. The molecule has 2 aliphatic rings. The fourth-order valence-electron chi connectivity index (χ4n) is 2.90. The molecule has 2 fully saturated rings. The highest BCUT2D eigenvalue weighted by Gasteiger charge is 2.22. The largest absolute Gasteiger partial charge is 0.355 e. The Morgan fingerprint density at radius 1 is 1.41 bits per heavy atom. The smallest absolute Gasteiger partial charge is 0.224 e. The van der Waals surface area contributed by atoms with E-state index in [1.54, 1.807) is 0 Å². The molecule has 1 unspecified atom stereocenters. The highest BCUT2D eigenvalue weighted by atomic mass is 16.1. The first-order valence-electron chi connectivity index (χ1n) is 6.92. The molecule has 2 heterocycles. The zero-order valence-corrected chi connectivity index (χ0v) is 10.9. The fourth-order valence-corrected chi connectivity index (χ4v) is 2.90. The van der Waals surface area contributed by atoms with Gasteiger partial charge in [-0.15, -0.1) is 0 Å². The third-order valence-corrected chi connectivity index (χ3v) is 3.95. The molecule has 2 atom stereocenters. The highest BCUT2D eigenvalue weighted by molar-refractivity contribution is 5.78. The van der Waals surface area contributed by atoms with Crippen molar-refractivity contribution in [1.29, 1.82) is 0 Å². The van der Waals surface area contributed by atoms with Gasteiger partial charge in [0.05, 0.1) is 5.92 Å². The summed E-state index contributed by atoms with van der Waals surface area (Å²) in [6, 6.07) is 0. The van der Waals surface area contributed by atoms with Crippen molar-refractivity contribution in [3.8, 4) is 0 Å². The van der Waals surface area contributed by atoms with Gasteiger partial charge >= 0.3 is 0 Å². The maximum absolute atomic E-state index is 12.0. The standard InChI is InChI=1S/C13H25N3O/c1-16-7-3-4-11(10-16)8-15-13(17)12-5-2-6-14-9-12/h11-12,14H,2-10H2,1H3,(H,15,17)/t11?,12-/m1/s1. The molecule has 0 aromatic carbocycles. The summed E-state index contributed by atoms with van der Waals surface area (Å²) in [6.45, 7) is 5.12. The fraction of sp³-hybridized carbons (Fsp3) is 0.923. The van der Waals surface area contributed by atoms with Gasteiger partial charge in [-0.25, -0.2) is 0 Å². The third kappa shape index (κ3) is 3.96. The lowest BCUT2D eigenvalue weighted by molar-refractivity contribution is -0.125.